The van der Waals surface area contributed by atoms with Crippen molar-refractivity contribution in [2.24, 2.45) is 0 Å². The van der Waals surface area contributed by atoms with E-state index in [2.05, 4.69) is 10.2 Å². The lowest BCUT2D eigenvalue weighted by atomic mass is 10.0. The van der Waals surface area contributed by atoms with Crippen LogP contribution in [0.5, 0.6) is 0 Å². The SMILES string of the molecule is CC(C)(C)OC(=O)N1CCC(Nc2ccc(F)cc2N2CCCC2)CC1. The van der Waals surface area contributed by atoms with Gasteiger partial charge in [0.1, 0.15) is 11.4 Å². The Labute approximate surface area is 155 Å². The first kappa shape index (κ1) is 18.8. The molecule has 1 aromatic rings. The van der Waals surface area contributed by atoms with E-state index < -0.39 is 5.60 Å². The Bertz CT molecular complexity index is 630. The predicted octanol–water partition coefficient (Wildman–Crippen LogP) is 4.24. The number of carbonyl (C=O) groups is 1. The van der Waals surface area contributed by atoms with Crippen LogP contribution in [0.2, 0.25) is 0 Å². The smallest absolute Gasteiger partial charge is 0.410 e. The van der Waals surface area contributed by atoms with Gasteiger partial charge in [-0.15, -0.1) is 0 Å². The van der Waals surface area contributed by atoms with E-state index in [4.69, 9.17) is 4.74 Å². The molecule has 2 aliphatic heterocycles. The molecule has 6 heteroatoms. The number of halogens is 1. The number of benzene rings is 1. The number of amides is 1. The van der Waals surface area contributed by atoms with Crippen LogP contribution in [0.25, 0.3) is 0 Å². The minimum Gasteiger partial charge on any atom is -0.444 e. The van der Waals surface area contributed by atoms with Crippen molar-refractivity contribution >= 4 is 17.5 Å². The molecule has 1 N–H and O–H groups in total. The Balaban J connectivity index is 1.59. The van der Waals surface area contributed by atoms with Crippen LogP contribution >= 0.6 is 0 Å². The maximum Gasteiger partial charge on any atom is 0.410 e. The zero-order chi connectivity index (χ0) is 18.7. The molecule has 2 aliphatic rings. The number of nitrogens with zero attached hydrogens (tertiary/aromatic N) is 2. The lowest BCUT2D eigenvalue weighted by Gasteiger charge is -2.34. The number of likely N-dealkylation sites (tertiary alicyclic amines) is 1. The molecule has 0 spiro atoms. The third-order valence-electron chi connectivity index (χ3n) is 4.91. The summed E-state index contributed by atoms with van der Waals surface area (Å²) in [5.74, 6) is -0.197. The summed E-state index contributed by atoms with van der Waals surface area (Å²) in [4.78, 5) is 16.2. The molecule has 0 aromatic heterocycles. The fourth-order valence-electron chi connectivity index (χ4n) is 3.60. The van der Waals surface area contributed by atoms with Crippen LogP contribution in [0.4, 0.5) is 20.6 Å². The summed E-state index contributed by atoms with van der Waals surface area (Å²) in [5, 5.41) is 3.57. The van der Waals surface area contributed by atoms with E-state index in [1.165, 1.54) is 6.07 Å². The summed E-state index contributed by atoms with van der Waals surface area (Å²) in [6.07, 6.45) is 3.79. The van der Waals surface area contributed by atoms with E-state index in [1.54, 1.807) is 11.0 Å². The molecule has 0 radical (unpaired) electrons. The molecule has 5 nitrogen and oxygen atoms in total. The van der Waals surface area contributed by atoms with Crippen LogP contribution in [-0.2, 0) is 4.74 Å². The molecule has 1 amide bonds. The van der Waals surface area contributed by atoms with Gasteiger partial charge in [-0.2, -0.15) is 0 Å². The van der Waals surface area contributed by atoms with Gasteiger partial charge in [0, 0.05) is 32.2 Å². The monoisotopic (exact) mass is 363 g/mol. The number of carbonyl (C=O) groups excluding carboxylic acids is 1. The van der Waals surface area contributed by atoms with Gasteiger partial charge in [0.25, 0.3) is 0 Å². The molecule has 2 fully saturated rings. The zero-order valence-electron chi connectivity index (χ0n) is 16.1. The molecule has 3 rings (SSSR count). The van der Waals surface area contributed by atoms with Crippen molar-refractivity contribution in [1.29, 1.82) is 0 Å². The van der Waals surface area contributed by atoms with Crippen molar-refractivity contribution in [3.05, 3.63) is 24.0 Å². The van der Waals surface area contributed by atoms with Gasteiger partial charge in [-0.1, -0.05) is 0 Å². The summed E-state index contributed by atoms with van der Waals surface area (Å²) < 4.78 is 19.2. The number of rotatable bonds is 3. The first-order chi connectivity index (χ1) is 12.3. The second-order valence-electron chi connectivity index (χ2n) is 8.24. The average molecular weight is 363 g/mol. The summed E-state index contributed by atoms with van der Waals surface area (Å²) in [6, 6.07) is 5.25. The van der Waals surface area contributed by atoms with Crippen molar-refractivity contribution in [2.75, 3.05) is 36.4 Å². The van der Waals surface area contributed by atoms with Gasteiger partial charge in [0.15, 0.2) is 0 Å². The Morgan fingerprint density at radius 2 is 1.81 bits per heavy atom. The largest absolute Gasteiger partial charge is 0.444 e. The van der Waals surface area contributed by atoms with Crippen molar-refractivity contribution in [1.82, 2.24) is 4.90 Å². The number of hydrogen-bond acceptors (Lipinski definition) is 4. The fourth-order valence-corrected chi connectivity index (χ4v) is 3.60. The standard InChI is InChI=1S/C20H30FN3O2/c1-20(2,3)26-19(25)24-12-8-16(9-13-24)22-17-7-6-15(21)14-18(17)23-10-4-5-11-23/h6-7,14,16,22H,4-5,8-13H2,1-3H3. The van der Waals surface area contributed by atoms with Crippen LogP contribution in [0.15, 0.2) is 18.2 Å². The fraction of sp³-hybridized carbons (Fsp3) is 0.650. The third-order valence-corrected chi connectivity index (χ3v) is 4.91. The van der Waals surface area contributed by atoms with Gasteiger partial charge in [-0.05, 0) is 64.7 Å². The molecule has 0 bridgehead atoms. The quantitative estimate of drug-likeness (QED) is 0.873. The van der Waals surface area contributed by atoms with Crippen LogP contribution in [0.3, 0.4) is 0 Å². The zero-order valence-corrected chi connectivity index (χ0v) is 16.1. The molecule has 1 aromatic carbocycles. The van der Waals surface area contributed by atoms with E-state index in [0.717, 1.165) is 50.1 Å². The lowest BCUT2D eigenvalue weighted by Crippen LogP contribution is -2.44. The highest BCUT2D eigenvalue weighted by Gasteiger charge is 2.27. The molecule has 0 aliphatic carbocycles. The second-order valence-corrected chi connectivity index (χ2v) is 8.24. The maximum atomic E-state index is 13.7. The topological polar surface area (TPSA) is 44.8 Å². The minimum atomic E-state index is -0.467. The van der Waals surface area contributed by atoms with Crippen molar-refractivity contribution < 1.29 is 13.9 Å². The predicted molar refractivity (Wildman–Crippen MR) is 102 cm³/mol. The first-order valence-corrected chi connectivity index (χ1v) is 9.61. The van der Waals surface area contributed by atoms with Gasteiger partial charge >= 0.3 is 6.09 Å². The summed E-state index contributed by atoms with van der Waals surface area (Å²) in [7, 11) is 0. The van der Waals surface area contributed by atoms with Gasteiger partial charge < -0.3 is 19.9 Å². The van der Waals surface area contributed by atoms with Gasteiger partial charge in [-0.25, -0.2) is 9.18 Å². The summed E-state index contributed by atoms with van der Waals surface area (Å²) >= 11 is 0. The molecule has 2 saturated heterocycles. The van der Waals surface area contributed by atoms with E-state index in [-0.39, 0.29) is 18.0 Å². The Kier molecular flexibility index (Phi) is 5.58. The number of ether oxygens (including phenoxy) is 1. The van der Waals surface area contributed by atoms with E-state index in [9.17, 15) is 9.18 Å². The van der Waals surface area contributed by atoms with E-state index >= 15 is 0 Å². The highest BCUT2D eigenvalue weighted by Crippen LogP contribution is 2.31. The molecule has 0 unspecified atom stereocenters. The molecule has 144 valence electrons. The number of anilines is 2. The molecular formula is C20H30FN3O2. The van der Waals surface area contributed by atoms with Crippen LogP contribution in [0.1, 0.15) is 46.5 Å². The van der Waals surface area contributed by atoms with E-state index in [1.807, 2.05) is 26.8 Å². The minimum absolute atomic E-state index is 0.197. The van der Waals surface area contributed by atoms with Gasteiger partial charge in [0.2, 0.25) is 0 Å². The highest BCUT2D eigenvalue weighted by molar-refractivity contribution is 5.71. The molecule has 0 atom stereocenters. The Morgan fingerprint density at radius 3 is 2.42 bits per heavy atom. The van der Waals surface area contributed by atoms with Gasteiger partial charge in [0.05, 0.1) is 11.4 Å². The summed E-state index contributed by atoms with van der Waals surface area (Å²) in [6.45, 7) is 8.96. The highest BCUT2D eigenvalue weighted by atomic mass is 19.1. The lowest BCUT2D eigenvalue weighted by molar-refractivity contribution is 0.0210. The van der Waals surface area contributed by atoms with Crippen molar-refractivity contribution in [2.45, 2.75) is 58.1 Å². The summed E-state index contributed by atoms with van der Waals surface area (Å²) in [5.41, 5.74) is 1.48. The Morgan fingerprint density at radius 1 is 1.15 bits per heavy atom. The van der Waals surface area contributed by atoms with Crippen molar-refractivity contribution in [3.63, 3.8) is 0 Å². The molecule has 26 heavy (non-hydrogen) atoms. The van der Waals surface area contributed by atoms with Crippen LogP contribution in [-0.4, -0.2) is 48.8 Å². The van der Waals surface area contributed by atoms with Crippen LogP contribution < -0.4 is 10.2 Å². The first-order valence-electron chi connectivity index (χ1n) is 9.61. The number of piperidine rings is 1. The third kappa shape index (κ3) is 4.80. The number of hydrogen-bond donors (Lipinski definition) is 1. The molecule has 2 heterocycles. The van der Waals surface area contributed by atoms with Crippen LogP contribution in [0, 0.1) is 5.82 Å². The van der Waals surface area contributed by atoms with E-state index in [0.29, 0.717) is 13.1 Å². The number of nitrogens with one attached hydrogen (secondary N) is 1. The second kappa shape index (κ2) is 7.72. The van der Waals surface area contributed by atoms with Gasteiger partial charge in [-0.3, -0.25) is 0 Å². The normalized spacial score (nSPS) is 18.9. The molecule has 0 saturated carbocycles. The average Bonchev–Trinajstić information content (AvgIpc) is 3.10. The van der Waals surface area contributed by atoms with Crippen molar-refractivity contribution in [3.8, 4) is 0 Å². The molecular weight excluding hydrogens is 333 g/mol. The maximum absolute atomic E-state index is 13.7. The Hall–Kier alpha value is -1.98.